The van der Waals surface area contributed by atoms with Gasteiger partial charge in [0, 0.05) is 17.1 Å². The summed E-state index contributed by atoms with van der Waals surface area (Å²) in [4.78, 5) is 0. The summed E-state index contributed by atoms with van der Waals surface area (Å²) in [6.45, 7) is 0. The molecular weight excluding hydrogens is 300 g/mol. The zero-order chi connectivity index (χ0) is 14.7. The molecule has 0 aliphatic rings. The summed E-state index contributed by atoms with van der Waals surface area (Å²) in [6, 6.07) is 9.25. The van der Waals surface area contributed by atoms with Crippen LogP contribution < -0.4 is 10.5 Å². The Morgan fingerprint density at radius 3 is 2.40 bits per heavy atom. The zero-order valence-corrected chi connectivity index (χ0v) is 12.4. The van der Waals surface area contributed by atoms with Gasteiger partial charge in [0.25, 0.3) is 0 Å². The maximum Gasteiger partial charge on any atom is 0.138 e. The van der Waals surface area contributed by atoms with Crippen molar-refractivity contribution in [2.24, 2.45) is 5.73 Å². The van der Waals surface area contributed by atoms with Gasteiger partial charge in [0.1, 0.15) is 11.6 Å². The Balaban J connectivity index is 2.22. The van der Waals surface area contributed by atoms with Crippen molar-refractivity contribution < 1.29 is 9.13 Å². The van der Waals surface area contributed by atoms with Crippen LogP contribution in [0, 0.1) is 5.82 Å². The van der Waals surface area contributed by atoms with Gasteiger partial charge in [-0.15, -0.1) is 0 Å². The van der Waals surface area contributed by atoms with Gasteiger partial charge in [0.05, 0.1) is 12.1 Å². The van der Waals surface area contributed by atoms with E-state index in [4.69, 9.17) is 33.7 Å². The number of halogens is 3. The molecule has 2 aromatic rings. The Bertz CT molecular complexity index is 602. The van der Waals surface area contributed by atoms with Crippen molar-refractivity contribution in [1.82, 2.24) is 0 Å². The number of nitrogens with two attached hydrogens (primary N) is 1. The number of benzene rings is 2. The van der Waals surface area contributed by atoms with Crippen LogP contribution >= 0.6 is 23.2 Å². The molecule has 20 heavy (non-hydrogen) atoms. The van der Waals surface area contributed by atoms with Gasteiger partial charge in [0.15, 0.2) is 0 Å². The first-order chi connectivity index (χ1) is 9.51. The third kappa shape index (κ3) is 3.42. The SMILES string of the molecule is COc1cc(Cl)c(C(N)Cc2ccc(F)cc2)cc1Cl. The molecule has 0 aromatic heterocycles. The number of methoxy groups -OCH3 is 1. The van der Waals surface area contributed by atoms with Crippen molar-refractivity contribution in [3.05, 3.63) is 63.4 Å². The second-order valence-electron chi connectivity index (χ2n) is 4.45. The van der Waals surface area contributed by atoms with E-state index in [1.165, 1.54) is 19.2 Å². The van der Waals surface area contributed by atoms with Crippen molar-refractivity contribution in [3.63, 3.8) is 0 Å². The summed E-state index contributed by atoms with van der Waals surface area (Å²) < 4.78 is 18.0. The molecule has 106 valence electrons. The van der Waals surface area contributed by atoms with Crippen LogP contribution in [0.2, 0.25) is 10.0 Å². The van der Waals surface area contributed by atoms with Gasteiger partial charge >= 0.3 is 0 Å². The van der Waals surface area contributed by atoms with Gasteiger partial charge in [-0.1, -0.05) is 35.3 Å². The molecular formula is C15H14Cl2FNO. The Morgan fingerprint density at radius 1 is 1.15 bits per heavy atom. The van der Waals surface area contributed by atoms with Gasteiger partial charge in [-0.05, 0) is 35.7 Å². The average molecular weight is 314 g/mol. The molecule has 0 heterocycles. The molecule has 0 radical (unpaired) electrons. The highest BCUT2D eigenvalue weighted by Crippen LogP contribution is 2.34. The first-order valence-electron chi connectivity index (χ1n) is 6.04. The molecule has 2 aromatic carbocycles. The van der Waals surface area contributed by atoms with Gasteiger partial charge in [-0.2, -0.15) is 0 Å². The fourth-order valence-corrected chi connectivity index (χ4v) is 2.51. The zero-order valence-electron chi connectivity index (χ0n) is 10.9. The molecule has 2 rings (SSSR count). The highest BCUT2D eigenvalue weighted by molar-refractivity contribution is 6.34. The van der Waals surface area contributed by atoms with E-state index in [9.17, 15) is 4.39 Å². The van der Waals surface area contributed by atoms with E-state index in [0.717, 1.165) is 11.1 Å². The Kier molecular flexibility index (Phi) is 4.86. The van der Waals surface area contributed by atoms with Crippen LogP contribution in [0.5, 0.6) is 5.75 Å². The summed E-state index contributed by atoms with van der Waals surface area (Å²) in [5.41, 5.74) is 7.82. The minimum Gasteiger partial charge on any atom is -0.495 e. The molecule has 0 spiro atoms. The van der Waals surface area contributed by atoms with E-state index < -0.39 is 0 Å². The highest BCUT2D eigenvalue weighted by Gasteiger charge is 2.14. The van der Waals surface area contributed by atoms with Gasteiger partial charge in [0.2, 0.25) is 0 Å². The third-order valence-corrected chi connectivity index (χ3v) is 3.66. The quantitative estimate of drug-likeness (QED) is 0.909. The Labute approximate surface area is 127 Å². The Morgan fingerprint density at radius 2 is 1.80 bits per heavy atom. The van der Waals surface area contributed by atoms with E-state index in [1.54, 1.807) is 24.3 Å². The largest absolute Gasteiger partial charge is 0.495 e. The number of ether oxygens (including phenoxy) is 1. The van der Waals surface area contributed by atoms with Crippen LogP contribution in [0.25, 0.3) is 0 Å². The van der Waals surface area contributed by atoms with Crippen LogP contribution in [0.1, 0.15) is 17.2 Å². The lowest BCUT2D eigenvalue weighted by atomic mass is 9.99. The highest BCUT2D eigenvalue weighted by atomic mass is 35.5. The smallest absolute Gasteiger partial charge is 0.138 e. The monoisotopic (exact) mass is 313 g/mol. The predicted molar refractivity (Wildman–Crippen MR) is 80.0 cm³/mol. The molecule has 5 heteroatoms. The molecule has 0 saturated heterocycles. The van der Waals surface area contributed by atoms with Crippen molar-refractivity contribution in [2.75, 3.05) is 7.11 Å². The predicted octanol–water partition coefficient (Wildman–Crippen LogP) is 4.38. The molecule has 0 saturated carbocycles. The molecule has 1 unspecified atom stereocenters. The topological polar surface area (TPSA) is 35.2 Å². The van der Waals surface area contributed by atoms with Crippen LogP contribution in [0.4, 0.5) is 4.39 Å². The summed E-state index contributed by atoms with van der Waals surface area (Å²) in [6.07, 6.45) is 0.544. The van der Waals surface area contributed by atoms with Crippen LogP contribution in [0.15, 0.2) is 36.4 Å². The van der Waals surface area contributed by atoms with E-state index in [-0.39, 0.29) is 11.9 Å². The van der Waals surface area contributed by atoms with Gasteiger partial charge in [-0.25, -0.2) is 4.39 Å². The molecule has 0 aliphatic heterocycles. The Hall–Kier alpha value is -1.29. The fraction of sp³-hybridized carbons (Fsp3) is 0.200. The second kappa shape index (κ2) is 6.44. The van der Waals surface area contributed by atoms with Gasteiger partial charge < -0.3 is 10.5 Å². The molecule has 0 fully saturated rings. The number of hydrogen-bond acceptors (Lipinski definition) is 2. The van der Waals surface area contributed by atoms with E-state index >= 15 is 0 Å². The van der Waals surface area contributed by atoms with Crippen molar-refractivity contribution in [2.45, 2.75) is 12.5 Å². The summed E-state index contributed by atoms with van der Waals surface area (Å²) in [7, 11) is 1.52. The first kappa shape index (κ1) is 15.1. The molecule has 0 bridgehead atoms. The minimum atomic E-state index is -0.323. The first-order valence-corrected chi connectivity index (χ1v) is 6.80. The molecule has 0 aliphatic carbocycles. The van der Waals surface area contributed by atoms with Crippen LogP contribution in [0.3, 0.4) is 0 Å². The molecule has 2 nitrogen and oxygen atoms in total. The summed E-state index contributed by atoms with van der Waals surface area (Å²) in [5.74, 6) is 0.238. The normalized spacial score (nSPS) is 12.2. The fourth-order valence-electron chi connectivity index (χ4n) is 1.97. The van der Waals surface area contributed by atoms with Gasteiger partial charge in [-0.3, -0.25) is 0 Å². The summed E-state index contributed by atoms with van der Waals surface area (Å²) in [5, 5.41) is 0.960. The van der Waals surface area contributed by atoms with Crippen LogP contribution in [-0.2, 0) is 6.42 Å². The number of rotatable bonds is 4. The molecule has 1 atom stereocenters. The second-order valence-corrected chi connectivity index (χ2v) is 5.26. The summed E-state index contributed by atoms with van der Waals surface area (Å²) >= 11 is 12.3. The lowest BCUT2D eigenvalue weighted by Gasteiger charge is -2.16. The van der Waals surface area contributed by atoms with Crippen molar-refractivity contribution in [3.8, 4) is 5.75 Å². The van der Waals surface area contributed by atoms with E-state index in [1.807, 2.05) is 0 Å². The average Bonchev–Trinajstić information content (AvgIpc) is 2.43. The maximum atomic E-state index is 12.9. The number of hydrogen-bond donors (Lipinski definition) is 1. The van der Waals surface area contributed by atoms with E-state index in [0.29, 0.717) is 22.2 Å². The van der Waals surface area contributed by atoms with Crippen LogP contribution in [-0.4, -0.2) is 7.11 Å². The minimum absolute atomic E-state index is 0.271. The lowest BCUT2D eigenvalue weighted by molar-refractivity contribution is 0.415. The molecule has 0 amide bonds. The third-order valence-electron chi connectivity index (χ3n) is 3.04. The standard InChI is InChI=1S/C15H14Cl2FNO/c1-20-15-8-12(16)11(7-13(15)17)14(19)6-9-2-4-10(18)5-3-9/h2-5,7-8,14H,6,19H2,1H3. The van der Waals surface area contributed by atoms with Crippen molar-refractivity contribution >= 4 is 23.2 Å². The lowest BCUT2D eigenvalue weighted by Crippen LogP contribution is -2.14. The van der Waals surface area contributed by atoms with Crippen molar-refractivity contribution in [1.29, 1.82) is 0 Å². The van der Waals surface area contributed by atoms with E-state index in [2.05, 4.69) is 0 Å². The maximum absolute atomic E-state index is 12.9. The molecule has 2 N–H and O–H groups in total.